The molecule has 0 spiro atoms. The molecule has 2 aromatic rings. The predicted octanol–water partition coefficient (Wildman–Crippen LogP) is 4.22. The summed E-state index contributed by atoms with van der Waals surface area (Å²) < 4.78 is 12.1. The number of rotatable bonds is 3. The van der Waals surface area contributed by atoms with Gasteiger partial charge in [0.1, 0.15) is 0 Å². The Morgan fingerprint density at radius 3 is 2.09 bits per heavy atom. The van der Waals surface area contributed by atoms with Crippen LogP contribution < -0.4 is 5.46 Å². The first kappa shape index (κ1) is 15.5. The predicted molar refractivity (Wildman–Crippen MR) is 95.4 cm³/mol. The minimum absolute atomic E-state index is 0.291. The SMILES string of the molecule is CC1(C)OB(c2ccc(/C=C\c3cccs3)cc2)OC1(C)C. The van der Waals surface area contributed by atoms with Crippen molar-refractivity contribution in [3.8, 4) is 0 Å². The lowest BCUT2D eigenvalue weighted by Crippen LogP contribution is -2.41. The zero-order valence-electron chi connectivity index (χ0n) is 13.5. The van der Waals surface area contributed by atoms with Crippen LogP contribution in [0.5, 0.6) is 0 Å². The highest BCUT2D eigenvalue weighted by Gasteiger charge is 2.51. The van der Waals surface area contributed by atoms with Crippen molar-refractivity contribution < 1.29 is 9.31 Å². The van der Waals surface area contributed by atoms with Gasteiger partial charge in [0.25, 0.3) is 0 Å². The normalized spacial score (nSPS) is 19.9. The van der Waals surface area contributed by atoms with Crippen LogP contribution in [0.4, 0.5) is 0 Å². The molecule has 1 aliphatic heterocycles. The number of hydrogen-bond acceptors (Lipinski definition) is 3. The molecule has 1 aromatic carbocycles. The van der Waals surface area contributed by atoms with Crippen molar-refractivity contribution in [2.24, 2.45) is 0 Å². The summed E-state index contributed by atoms with van der Waals surface area (Å²) in [5.41, 5.74) is 1.64. The molecule has 1 aromatic heterocycles. The molecular formula is C18H21BO2S. The fourth-order valence-corrected chi connectivity index (χ4v) is 2.93. The van der Waals surface area contributed by atoms with Crippen molar-refractivity contribution in [1.82, 2.24) is 0 Å². The van der Waals surface area contributed by atoms with Gasteiger partial charge in [0, 0.05) is 4.88 Å². The maximum Gasteiger partial charge on any atom is 0.494 e. The minimum atomic E-state index is -0.296. The molecule has 0 aliphatic carbocycles. The second-order valence-electron chi connectivity index (χ2n) is 6.60. The van der Waals surface area contributed by atoms with Crippen molar-refractivity contribution in [3.63, 3.8) is 0 Å². The smallest absolute Gasteiger partial charge is 0.399 e. The van der Waals surface area contributed by atoms with E-state index in [1.165, 1.54) is 10.4 Å². The van der Waals surface area contributed by atoms with Gasteiger partial charge in [-0.2, -0.15) is 0 Å². The van der Waals surface area contributed by atoms with E-state index in [9.17, 15) is 0 Å². The van der Waals surface area contributed by atoms with Gasteiger partial charge in [-0.05, 0) is 56.2 Å². The van der Waals surface area contributed by atoms with Crippen LogP contribution in [-0.2, 0) is 9.31 Å². The van der Waals surface area contributed by atoms with Gasteiger partial charge in [-0.3, -0.25) is 0 Å². The van der Waals surface area contributed by atoms with Gasteiger partial charge in [0.15, 0.2) is 0 Å². The van der Waals surface area contributed by atoms with E-state index < -0.39 is 0 Å². The highest BCUT2D eigenvalue weighted by Crippen LogP contribution is 2.36. The van der Waals surface area contributed by atoms with E-state index >= 15 is 0 Å². The molecule has 0 N–H and O–H groups in total. The molecule has 114 valence electrons. The van der Waals surface area contributed by atoms with E-state index in [1.54, 1.807) is 11.3 Å². The standard InChI is InChI=1S/C18H21BO2S/c1-17(2)18(3,4)21-19(20-17)15-10-7-14(8-11-15)9-12-16-6-5-13-22-16/h5-13H,1-4H3/b12-9-. The molecule has 2 nitrogen and oxygen atoms in total. The Bertz CT molecular complexity index is 641. The lowest BCUT2D eigenvalue weighted by atomic mass is 9.79. The Labute approximate surface area is 136 Å². The summed E-state index contributed by atoms with van der Waals surface area (Å²) in [4.78, 5) is 1.26. The molecule has 0 atom stereocenters. The first-order valence-electron chi connectivity index (χ1n) is 7.55. The average Bonchev–Trinajstić information content (AvgIpc) is 3.04. The molecule has 0 bridgehead atoms. The summed E-state index contributed by atoms with van der Waals surface area (Å²) in [5, 5.41) is 2.08. The Hall–Kier alpha value is -1.36. The number of benzene rings is 1. The molecule has 0 unspecified atom stereocenters. The van der Waals surface area contributed by atoms with Gasteiger partial charge in [-0.1, -0.05) is 36.4 Å². The highest BCUT2D eigenvalue weighted by molar-refractivity contribution is 7.10. The monoisotopic (exact) mass is 312 g/mol. The summed E-state index contributed by atoms with van der Waals surface area (Å²) >= 11 is 1.74. The Morgan fingerprint density at radius 1 is 0.909 bits per heavy atom. The van der Waals surface area contributed by atoms with Gasteiger partial charge in [0.2, 0.25) is 0 Å². The quantitative estimate of drug-likeness (QED) is 0.790. The van der Waals surface area contributed by atoms with E-state index in [0.717, 1.165) is 5.46 Å². The van der Waals surface area contributed by atoms with Gasteiger partial charge < -0.3 is 9.31 Å². The lowest BCUT2D eigenvalue weighted by Gasteiger charge is -2.32. The maximum absolute atomic E-state index is 6.07. The lowest BCUT2D eigenvalue weighted by molar-refractivity contribution is 0.00578. The Balaban J connectivity index is 1.73. The van der Waals surface area contributed by atoms with Gasteiger partial charge in [-0.15, -0.1) is 11.3 Å². The fraction of sp³-hybridized carbons (Fsp3) is 0.333. The second kappa shape index (κ2) is 5.69. The maximum atomic E-state index is 6.07. The van der Waals surface area contributed by atoms with Crippen LogP contribution in [0.25, 0.3) is 12.2 Å². The first-order valence-corrected chi connectivity index (χ1v) is 8.43. The summed E-state index contributed by atoms with van der Waals surface area (Å²) in [6.45, 7) is 8.30. The topological polar surface area (TPSA) is 18.5 Å². The Morgan fingerprint density at radius 2 is 1.55 bits per heavy atom. The zero-order chi connectivity index (χ0) is 15.8. The third-order valence-corrected chi connectivity index (χ3v) is 5.28. The van der Waals surface area contributed by atoms with Crippen molar-refractivity contribution in [2.45, 2.75) is 38.9 Å². The van der Waals surface area contributed by atoms with Crippen LogP contribution in [0.1, 0.15) is 38.1 Å². The molecule has 1 aliphatic rings. The first-order chi connectivity index (χ1) is 10.4. The van der Waals surface area contributed by atoms with Gasteiger partial charge in [-0.25, -0.2) is 0 Å². The van der Waals surface area contributed by atoms with Gasteiger partial charge >= 0.3 is 7.12 Å². The van der Waals surface area contributed by atoms with Crippen molar-refractivity contribution in [2.75, 3.05) is 0 Å². The molecular weight excluding hydrogens is 291 g/mol. The van der Waals surface area contributed by atoms with Crippen LogP contribution in [0.3, 0.4) is 0 Å². The molecule has 1 fully saturated rings. The van der Waals surface area contributed by atoms with Crippen molar-refractivity contribution in [3.05, 3.63) is 52.2 Å². The van der Waals surface area contributed by atoms with Crippen molar-refractivity contribution >= 4 is 36.1 Å². The van der Waals surface area contributed by atoms with E-state index in [1.807, 2.05) is 0 Å². The molecule has 3 rings (SSSR count). The summed E-state index contributed by atoms with van der Waals surface area (Å²) in [6, 6.07) is 12.5. The third-order valence-electron chi connectivity index (χ3n) is 4.45. The van der Waals surface area contributed by atoms with Crippen LogP contribution in [0.2, 0.25) is 0 Å². The molecule has 0 amide bonds. The molecule has 0 saturated carbocycles. The Kier molecular flexibility index (Phi) is 4.02. The third kappa shape index (κ3) is 3.05. The largest absolute Gasteiger partial charge is 0.494 e. The molecule has 22 heavy (non-hydrogen) atoms. The molecule has 1 saturated heterocycles. The second-order valence-corrected chi connectivity index (χ2v) is 7.58. The summed E-state index contributed by atoms with van der Waals surface area (Å²) in [7, 11) is -0.291. The van der Waals surface area contributed by atoms with Gasteiger partial charge in [0.05, 0.1) is 11.2 Å². The zero-order valence-corrected chi connectivity index (χ0v) is 14.3. The van der Waals surface area contributed by atoms with Crippen LogP contribution >= 0.6 is 11.3 Å². The van der Waals surface area contributed by atoms with Crippen LogP contribution in [0, 0.1) is 0 Å². The number of thiophene rings is 1. The van der Waals surface area contributed by atoms with Crippen LogP contribution in [0.15, 0.2) is 41.8 Å². The minimum Gasteiger partial charge on any atom is -0.399 e. The summed E-state index contributed by atoms with van der Waals surface area (Å²) in [5.74, 6) is 0. The number of hydrogen-bond donors (Lipinski definition) is 0. The molecule has 2 heterocycles. The van der Waals surface area contributed by atoms with E-state index in [0.29, 0.717) is 0 Å². The highest BCUT2D eigenvalue weighted by atomic mass is 32.1. The molecule has 4 heteroatoms. The molecule has 0 radical (unpaired) electrons. The summed E-state index contributed by atoms with van der Waals surface area (Å²) in [6.07, 6.45) is 4.26. The fourth-order valence-electron chi connectivity index (χ4n) is 2.31. The average molecular weight is 312 g/mol. The van der Waals surface area contributed by atoms with E-state index in [2.05, 4.69) is 81.6 Å². The van der Waals surface area contributed by atoms with Crippen LogP contribution in [-0.4, -0.2) is 18.3 Å². The van der Waals surface area contributed by atoms with E-state index in [4.69, 9.17) is 9.31 Å². The van der Waals surface area contributed by atoms with Crippen molar-refractivity contribution in [1.29, 1.82) is 0 Å². The van der Waals surface area contributed by atoms with E-state index in [-0.39, 0.29) is 18.3 Å².